The van der Waals surface area contributed by atoms with Crippen LogP contribution in [-0.4, -0.2) is 0 Å². The fourth-order valence-electron chi connectivity index (χ4n) is 4.67. The summed E-state index contributed by atoms with van der Waals surface area (Å²) in [6.45, 7) is 13.8. The Balaban J connectivity index is 1.99. The minimum atomic E-state index is -0.482. The molecule has 0 atom stereocenters. The van der Waals surface area contributed by atoms with Gasteiger partial charge in [-0.25, -0.2) is 0 Å². The maximum absolute atomic E-state index is 4.70. The van der Waals surface area contributed by atoms with Gasteiger partial charge < -0.3 is 0 Å². The van der Waals surface area contributed by atoms with Gasteiger partial charge in [-0.2, -0.15) is 0 Å². The van der Waals surface area contributed by atoms with Gasteiger partial charge in [-0.3, -0.25) is 0 Å². The number of rotatable bonds is 7. The molecule has 4 aromatic rings. The lowest BCUT2D eigenvalue weighted by atomic mass is 9.62. The summed E-state index contributed by atoms with van der Waals surface area (Å²) in [5.41, 5.74) is 9.03. The lowest BCUT2D eigenvalue weighted by Crippen LogP contribution is -2.32. The topological polar surface area (TPSA) is 0 Å². The van der Waals surface area contributed by atoms with Crippen molar-refractivity contribution < 1.29 is 0 Å². The van der Waals surface area contributed by atoms with Crippen molar-refractivity contribution in [3.63, 3.8) is 0 Å². The molecule has 0 aromatic heterocycles. The quantitative estimate of drug-likeness (QED) is 0.286. The Morgan fingerprint density at radius 3 is 1.56 bits per heavy atom. The molecule has 0 fully saturated rings. The summed E-state index contributed by atoms with van der Waals surface area (Å²) in [5, 5.41) is 0. The van der Waals surface area contributed by atoms with Crippen LogP contribution in [0.3, 0.4) is 0 Å². The van der Waals surface area contributed by atoms with Crippen molar-refractivity contribution in [2.45, 2.75) is 25.7 Å². The average Bonchev–Trinajstić information content (AvgIpc) is 2.84. The minimum absolute atomic E-state index is 0.482. The molecule has 0 radical (unpaired) electrons. The molecule has 0 heterocycles. The number of aryl methyl sites for hydroxylation is 2. The molecule has 4 aromatic carbocycles. The van der Waals surface area contributed by atoms with Crippen LogP contribution in [0.15, 0.2) is 122 Å². The van der Waals surface area contributed by atoms with Crippen molar-refractivity contribution >= 4 is 11.1 Å². The van der Waals surface area contributed by atoms with E-state index in [1.165, 1.54) is 22.3 Å². The maximum atomic E-state index is 4.70. The molecule has 0 aliphatic heterocycles. The van der Waals surface area contributed by atoms with Crippen molar-refractivity contribution in [2.75, 3.05) is 0 Å². The molecular formula is C32H30. The fraction of sp³-hybridized carbons (Fsp3) is 0.125. The van der Waals surface area contributed by atoms with Crippen molar-refractivity contribution in [1.29, 1.82) is 0 Å². The third-order valence-corrected chi connectivity index (χ3v) is 6.50. The molecule has 32 heavy (non-hydrogen) atoms. The Morgan fingerprint density at radius 1 is 0.625 bits per heavy atom. The molecule has 4 rings (SSSR count). The number of allylic oxidation sites excluding steroid dienone is 2. The molecule has 0 unspecified atom stereocenters. The molecule has 0 aliphatic carbocycles. The highest BCUT2D eigenvalue weighted by Crippen LogP contribution is 2.49. The molecule has 158 valence electrons. The Kier molecular flexibility index (Phi) is 6.23. The van der Waals surface area contributed by atoms with E-state index in [1.54, 1.807) is 0 Å². The highest BCUT2D eigenvalue weighted by atomic mass is 14.4. The minimum Gasteiger partial charge on any atom is -0.0940 e. The SMILES string of the molecule is C=C(c1ccccc1)C(Cc1ccc(C)cc1C)(C(=C)c1ccccc1)c1ccccc1. The van der Waals surface area contributed by atoms with Crippen LogP contribution in [-0.2, 0) is 11.8 Å². The van der Waals surface area contributed by atoms with Crippen molar-refractivity contribution in [1.82, 2.24) is 0 Å². The first kappa shape index (κ1) is 21.6. The van der Waals surface area contributed by atoms with E-state index in [-0.39, 0.29) is 0 Å². The molecule has 0 amide bonds. The van der Waals surface area contributed by atoms with E-state index in [2.05, 4.69) is 123 Å². The summed E-state index contributed by atoms with van der Waals surface area (Å²) in [6.07, 6.45) is 0.796. The summed E-state index contributed by atoms with van der Waals surface area (Å²) in [7, 11) is 0. The van der Waals surface area contributed by atoms with Gasteiger partial charge in [0, 0.05) is 5.41 Å². The maximum Gasteiger partial charge on any atom is 0.0491 e. The van der Waals surface area contributed by atoms with Crippen LogP contribution in [0.4, 0.5) is 0 Å². The van der Waals surface area contributed by atoms with Gasteiger partial charge >= 0.3 is 0 Å². The van der Waals surface area contributed by atoms with Gasteiger partial charge in [0.2, 0.25) is 0 Å². The van der Waals surface area contributed by atoms with Gasteiger partial charge in [-0.05, 0) is 59.2 Å². The first-order valence-electron chi connectivity index (χ1n) is 11.1. The zero-order chi connectivity index (χ0) is 22.6. The van der Waals surface area contributed by atoms with Gasteiger partial charge in [-0.1, -0.05) is 128 Å². The van der Waals surface area contributed by atoms with Crippen molar-refractivity contribution in [3.8, 4) is 0 Å². The summed E-state index contributed by atoms with van der Waals surface area (Å²) < 4.78 is 0. The van der Waals surface area contributed by atoms with Crippen LogP contribution in [0.2, 0.25) is 0 Å². The highest BCUT2D eigenvalue weighted by Gasteiger charge is 2.39. The monoisotopic (exact) mass is 414 g/mol. The standard InChI is InChI=1S/C32H30/c1-24-20-21-30(25(2)22-24)23-32(31-18-12-7-13-19-31,26(3)28-14-8-5-9-15-28)27(4)29-16-10-6-11-17-29/h5-22H,3-4,23H2,1-2H3. The van der Waals surface area contributed by atoms with E-state index in [9.17, 15) is 0 Å². The summed E-state index contributed by atoms with van der Waals surface area (Å²) in [4.78, 5) is 0. The fourth-order valence-corrected chi connectivity index (χ4v) is 4.67. The van der Waals surface area contributed by atoms with Crippen LogP contribution in [0.1, 0.15) is 33.4 Å². The Bertz CT molecular complexity index is 1160. The van der Waals surface area contributed by atoms with Gasteiger partial charge in [0.05, 0.1) is 0 Å². The van der Waals surface area contributed by atoms with Gasteiger partial charge in [0.15, 0.2) is 0 Å². The lowest BCUT2D eigenvalue weighted by Gasteiger charge is -2.40. The second kappa shape index (κ2) is 9.24. The van der Waals surface area contributed by atoms with E-state index in [1.807, 2.05) is 0 Å². The van der Waals surface area contributed by atoms with Gasteiger partial charge in [0.1, 0.15) is 0 Å². The summed E-state index contributed by atoms with van der Waals surface area (Å²) in [5.74, 6) is 0. The first-order chi connectivity index (χ1) is 15.5. The third-order valence-electron chi connectivity index (χ3n) is 6.50. The predicted molar refractivity (Wildman–Crippen MR) is 139 cm³/mol. The smallest absolute Gasteiger partial charge is 0.0491 e. The van der Waals surface area contributed by atoms with E-state index in [0.29, 0.717) is 0 Å². The van der Waals surface area contributed by atoms with Crippen LogP contribution >= 0.6 is 0 Å². The second-order valence-electron chi connectivity index (χ2n) is 8.57. The Hall–Kier alpha value is -3.64. The molecule has 0 heteroatoms. The molecule has 0 bridgehead atoms. The van der Waals surface area contributed by atoms with E-state index in [0.717, 1.165) is 28.7 Å². The molecule has 0 saturated carbocycles. The number of hydrogen-bond donors (Lipinski definition) is 0. The van der Waals surface area contributed by atoms with Gasteiger partial charge in [-0.15, -0.1) is 0 Å². The van der Waals surface area contributed by atoms with Crippen LogP contribution in [0.5, 0.6) is 0 Å². The lowest BCUT2D eigenvalue weighted by molar-refractivity contribution is 0.704. The van der Waals surface area contributed by atoms with E-state index < -0.39 is 5.41 Å². The zero-order valence-corrected chi connectivity index (χ0v) is 19.0. The molecule has 0 spiro atoms. The molecule has 0 aliphatic rings. The van der Waals surface area contributed by atoms with Gasteiger partial charge in [0.25, 0.3) is 0 Å². The van der Waals surface area contributed by atoms with Crippen molar-refractivity contribution in [3.05, 3.63) is 156 Å². The summed E-state index contributed by atoms with van der Waals surface area (Å²) in [6, 6.07) is 38.5. The molecule has 0 N–H and O–H groups in total. The molecule has 0 saturated heterocycles. The summed E-state index contributed by atoms with van der Waals surface area (Å²) >= 11 is 0. The zero-order valence-electron chi connectivity index (χ0n) is 19.0. The average molecular weight is 415 g/mol. The first-order valence-corrected chi connectivity index (χ1v) is 11.1. The Morgan fingerprint density at radius 2 is 1.09 bits per heavy atom. The number of hydrogen-bond acceptors (Lipinski definition) is 0. The highest BCUT2D eigenvalue weighted by molar-refractivity contribution is 5.91. The van der Waals surface area contributed by atoms with E-state index in [4.69, 9.17) is 13.2 Å². The predicted octanol–water partition coefficient (Wildman–Crippen LogP) is 8.21. The van der Waals surface area contributed by atoms with Crippen LogP contribution < -0.4 is 0 Å². The largest absolute Gasteiger partial charge is 0.0940 e. The molecule has 0 nitrogen and oxygen atoms in total. The molecular weight excluding hydrogens is 384 g/mol. The van der Waals surface area contributed by atoms with E-state index >= 15 is 0 Å². The van der Waals surface area contributed by atoms with Crippen molar-refractivity contribution in [2.24, 2.45) is 0 Å². The second-order valence-corrected chi connectivity index (χ2v) is 8.57. The third kappa shape index (κ3) is 4.09. The number of benzene rings is 4. The Labute approximate surface area is 192 Å². The van der Waals surface area contributed by atoms with Crippen LogP contribution in [0.25, 0.3) is 11.1 Å². The van der Waals surface area contributed by atoms with Crippen LogP contribution in [0, 0.1) is 13.8 Å². The normalized spacial score (nSPS) is 11.2.